The highest BCUT2D eigenvalue weighted by molar-refractivity contribution is 5.89. The van der Waals surface area contributed by atoms with E-state index < -0.39 is 0 Å². The molecule has 0 aliphatic heterocycles. The van der Waals surface area contributed by atoms with Crippen LogP contribution in [-0.2, 0) is 14.2 Å². The summed E-state index contributed by atoms with van der Waals surface area (Å²) in [5, 5.41) is 0. The summed E-state index contributed by atoms with van der Waals surface area (Å²) in [4.78, 5) is 11.3. The monoisotopic (exact) mass is 210 g/mol. The zero-order valence-corrected chi connectivity index (χ0v) is 8.64. The normalized spacial score (nSPS) is 9.93. The molecule has 0 saturated carbocycles. The van der Waals surface area contributed by atoms with Crippen LogP contribution >= 0.6 is 0 Å². The molecule has 0 amide bonds. The topological polar surface area (TPSA) is 44.8 Å². The molecule has 1 aromatic rings. The molecule has 1 aromatic carbocycles. The Morgan fingerprint density at radius 2 is 1.93 bits per heavy atom. The van der Waals surface area contributed by atoms with E-state index in [2.05, 4.69) is 0 Å². The van der Waals surface area contributed by atoms with Gasteiger partial charge in [0, 0.05) is 7.11 Å². The largest absolute Gasteiger partial charge is 0.435 e. The second kappa shape index (κ2) is 6.98. The molecule has 0 aliphatic rings. The molecule has 15 heavy (non-hydrogen) atoms. The summed E-state index contributed by atoms with van der Waals surface area (Å²) in [6, 6.07) is 8.78. The summed E-state index contributed by atoms with van der Waals surface area (Å²) in [6.45, 7) is 0.860. The van der Waals surface area contributed by atoms with E-state index in [1.165, 1.54) is 0 Å². The molecule has 1 rings (SSSR count). The molecule has 0 heterocycles. The highest BCUT2D eigenvalue weighted by Crippen LogP contribution is 2.00. The third kappa shape index (κ3) is 4.58. The Morgan fingerprint density at radius 1 is 1.20 bits per heavy atom. The number of rotatable bonds is 6. The van der Waals surface area contributed by atoms with Gasteiger partial charge in [0.2, 0.25) is 0 Å². The van der Waals surface area contributed by atoms with Crippen LogP contribution in [0.15, 0.2) is 30.3 Å². The minimum absolute atomic E-state index is 0.0446. The van der Waals surface area contributed by atoms with Gasteiger partial charge in [0.15, 0.2) is 6.79 Å². The van der Waals surface area contributed by atoms with E-state index >= 15 is 0 Å². The van der Waals surface area contributed by atoms with Crippen molar-refractivity contribution in [3.8, 4) is 0 Å². The number of benzene rings is 1. The van der Waals surface area contributed by atoms with Gasteiger partial charge in [-0.3, -0.25) is 0 Å². The van der Waals surface area contributed by atoms with E-state index in [4.69, 9.17) is 14.2 Å². The number of hydrogen-bond acceptors (Lipinski definition) is 4. The zero-order valence-electron chi connectivity index (χ0n) is 8.64. The van der Waals surface area contributed by atoms with Crippen LogP contribution in [0.25, 0.3) is 0 Å². The van der Waals surface area contributed by atoms with E-state index in [0.717, 1.165) is 0 Å². The zero-order chi connectivity index (χ0) is 10.9. The Balaban J connectivity index is 2.20. The van der Waals surface area contributed by atoms with Gasteiger partial charge in [0.25, 0.3) is 0 Å². The van der Waals surface area contributed by atoms with Gasteiger partial charge in [-0.1, -0.05) is 18.2 Å². The summed E-state index contributed by atoms with van der Waals surface area (Å²) in [5.74, 6) is -0.381. The Bertz CT molecular complexity index is 284. The van der Waals surface area contributed by atoms with Crippen molar-refractivity contribution in [2.24, 2.45) is 0 Å². The van der Waals surface area contributed by atoms with Gasteiger partial charge in [-0.25, -0.2) is 4.79 Å². The molecule has 0 bridgehead atoms. The number of ether oxygens (including phenoxy) is 3. The van der Waals surface area contributed by atoms with Gasteiger partial charge in [0.05, 0.1) is 18.8 Å². The number of carbonyl (C=O) groups excluding carboxylic acids is 1. The van der Waals surface area contributed by atoms with E-state index in [1.54, 1.807) is 31.4 Å². The van der Waals surface area contributed by atoms with E-state index in [0.29, 0.717) is 18.8 Å². The second-order valence-electron chi connectivity index (χ2n) is 2.82. The number of methoxy groups -OCH3 is 1. The van der Waals surface area contributed by atoms with Crippen LogP contribution in [0.2, 0.25) is 0 Å². The van der Waals surface area contributed by atoms with Crippen molar-refractivity contribution < 1.29 is 19.0 Å². The molecule has 0 spiro atoms. The molecule has 4 heteroatoms. The van der Waals surface area contributed by atoms with Crippen LogP contribution in [0.3, 0.4) is 0 Å². The predicted molar refractivity (Wildman–Crippen MR) is 54.6 cm³/mol. The molecular weight excluding hydrogens is 196 g/mol. The molecule has 0 atom stereocenters. The van der Waals surface area contributed by atoms with Gasteiger partial charge in [-0.2, -0.15) is 0 Å². The third-order valence-electron chi connectivity index (χ3n) is 1.71. The SMILES string of the molecule is COCCOCOC(=O)c1ccccc1. The van der Waals surface area contributed by atoms with Crippen molar-refractivity contribution in [1.82, 2.24) is 0 Å². The van der Waals surface area contributed by atoms with E-state index in [1.807, 2.05) is 6.07 Å². The first-order chi connectivity index (χ1) is 7.34. The lowest BCUT2D eigenvalue weighted by Crippen LogP contribution is -2.11. The standard InChI is InChI=1S/C11H14O4/c1-13-7-8-14-9-15-11(12)10-5-3-2-4-6-10/h2-6H,7-9H2,1H3. The maximum Gasteiger partial charge on any atom is 0.340 e. The molecule has 0 radical (unpaired) electrons. The Hall–Kier alpha value is -1.39. The second-order valence-corrected chi connectivity index (χ2v) is 2.82. The Labute approximate surface area is 88.8 Å². The van der Waals surface area contributed by atoms with Crippen LogP contribution in [0, 0.1) is 0 Å². The molecule has 0 aliphatic carbocycles. The van der Waals surface area contributed by atoms with Gasteiger partial charge in [-0.05, 0) is 12.1 Å². The summed E-state index contributed by atoms with van der Waals surface area (Å²) in [6.07, 6.45) is 0. The summed E-state index contributed by atoms with van der Waals surface area (Å²) < 4.78 is 14.6. The fourth-order valence-electron chi connectivity index (χ4n) is 0.954. The third-order valence-corrected chi connectivity index (χ3v) is 1.71. The van der Waals surface area contributed by atoms with Crippen molar-refractivity contribution in [1.29, 1.82) is 0 Å². The Morgan fingerprint density at radius 3 is 2.60 bits per heavy atom. The molecule has 82 valence electrons. The molecule has 0 unspecified atom stereocenters. The number of esters is 1. The van der Waals surface area contributed by atoms with E-state index in [-0.39, 0.29) is 12.8 Å². The lowest BCUT2D eigenvalue weighted by Gasteiger charge is -2.05. The quantitative estimate of drug-likeness (QED) is 0.405. The van der Waals surface area contributed by atoms with Crippen molar-refractivity contribution >= 4 is 5.97 Å². The predicted octanol–water partition coefficient (Wildman–Crippen LogP) is 1.46. The molecule has 0 saturated heterocycles. The maximum atomic E-state index is 11.3. The fourth-order valence-corrected chi connectivity index (χ4v) is 0.954. The number of carbonyl (C=O) groups is 1. The summed E-state index contributed by atoms with van der Waals surface area (Å²) in [7, 11) is 1.58. The number of hydrogen-bond donors (Lipinski definition) is 0. The average molecular weight is 210 g/mol. The first-order valence-corrected chi connectivity index (χ1v) is 4.63. The minimum atomic E-state index is -0.381. The minimum Gasteiger partial charge on any atom is -0.435 e. The van der Waals surface area contributed by atoms with Crippen molar-refractivity contribution in [3.63, 3.8) is 0 Å². The van der Waals surface area contributed by atoms with E-state index in [9.17, 15) is 4.79 Å². The first-order valence-electron chi connectivity index (χ1n) is 4.63. The fraction of sp³-hybridized carbons (Fsp3) is 0.364. The van der Waals surface area contributed by atoms with Crippen molar-refractivity contribution in [3.05, 3.63) is 35.9 Å². The lowest BCUT2D eigenvalue weighted by atomic mass is 10.2. The van der Waals surface area contributed by atoms with Crippen LogP contribution in [-0.4, -0.2) is 33.1 Å². The highest BCUT2D eigenvalue weighted by atomic mass is 16.7. The van der Waals surface area contributed by atoms with Gasteiger partial charge in [0.1, 0.15) is 0 Å². The van der Waals surface area contributed by atoms with Crippen LogP contribution in [0.4, 0.5) is 0 Å². The lowest BCUT2D eigenvalue weighted by molar-refractivity contribution is -0.0435. The highest BCUT2D eigenvalue weighted by Gasteiger charge is 2.04. The van der Waals surface area contributed by atoms with Crippen molar-refractivity contribution in [2.45, 2.75) is 0 Å². The molecule has 0 aromatic heterocycles. The summed E-state index contributed by atoms with van der Waals surface area (Å²) >= 11 is 0. The van der Waals surface area contributed by atoms with Crippen LogP contribution in [0.5, 0.6) is 0 Å². The van der Waals surface area contributed by atoms with Gasteiger partial charge in [-0.15, -0.1) is 0 Å². The van der Waals surface area contributed by atoms with Gasteiger partial charge < -0.3 is 14.2 Å². The van der Waals surface area contributed by atoms with Gasteiger partial charge >= 0.3 is 5.97 Å². The molecule has 0 fully saturated rings. The van der Waals surface area contributed by atoms with Crippen LogP contribution < -0.4 is 0 Å². The molecule has 0 N–H and O–H groups in total. The average Bonchev–Trinajstić information content (AvgIpc) is 2.30. The summed E-state index contributed by atoms with van der Waals surface area (Å²) in [5.41, 5.74) is 0.521. The molecular formula is C11H14O4. The molecule has 4 nitrogen and oxygen atoms in total. The maximum absolute atomic E-state index is 11.3. The Kier molecular flexibility index (Phi) is 5.43. The van der Waals surface area contributed by atoms with Crippen molar-refractivity contribution in [2.75, 3.05) is 27.1 Å². The van der Waals surface area contributed by atoms with Crippen LogP contribution in [0.1, 0.15) is 10.4 Å². The smallest absolute Gasteiger partial charge is 0.340 e. The first kappa shape index (κ1) is 11.7.